The Balaban J connectivity index is 2.12. The van der Waals surface area contributed by atoms with E-state index >= 15 is 0 Å². The average Bonchev–Trinajstić information content (AvgIpc) is 2.77. The van der Waals surface area contributed by atoms with Crippen molar-refractivity contribution in [1.82, 2.24) is 4.98 Å². The average molecular weight is 476 g/mol. The van der Waals surface area contributed by atoms with Crippen LogP contribution in [0.3, 0.4) is 0 Å². The molecule has 106 valence electrons. The van der Waals surface area contributed by atoms with Crippen molar-refractivity contribution >= 4 is 57.9 Å². The van der Waals surface area contributed by atoms with Crippen molar-refractivity contribution in [3.63, 3.8) is 0 Å². The highest BCUT2D eigenvalue weighted by molar-refractivity contribution is 14.1. The lowest BCUT2D eigenvalue weighted by Gasteiger charge is -2.08. The van der Waals surface area contributed by atoms with Crippen molar-refractivity contribution in [3.05, 3.63) is 58.3 Å². The van der Waals surface area contributed by atoms with E-state index in [9.17, 15) is 8.42 Å². The van der Waals surface area contributed by atoms with Crippen molar-refractivity contribution in [2.24, 2.45) is 0 Å². The lowest BCUT2D eigenvalue weighted by molar-refractivity contribution is 0.595. The molecule has 0 fully saturated rings. The molecule has 0 aliphatic carbocycles. The van der Waals surface area contributed by atoms with Crippen LogP contribution in [0.1, 0.15) is 11.1 Å². The van der Waals surface area contributed by atoms with Crippen molar-refractivity contribution in [2.75, 3.05) is 4.31 Å². The molecule has 0 spiro atoms. The van der Waals surface area contributed by atoms with Crippen LogP contribution < -0.4 is 4.31 Å². The smallest absolute Gasteiger partial charge is 0.198 e. The Bertz CT molecular complexity index is 848. The van der Waals surface area contributed by atoms with Crippen molar-refractivity contribution in [2.45, 2.75) is 11.8 Å². The highest BCUT2D eigenvalue weighted by Gasteiger charge is 2.42. The highest BCUT2D eigenvalue weighted by Crippen LogP contribution is 2.40. The summed E-state index contributed by atoms with van der Waals surface area (Å²) >= 11 is 5.40. The summed E-state index contributed by atoms with van der Waals surface area (Å²) in [5, 5.41) is 0. The van der Waals surface area contributed by atoms with Crippen LogP contribution in [0.5, 0.6) is 0 Å². The summed E-state index contributed by atoms with van der Waals surface area (Å²) in [5.74, 6) is 0.378. The van der Waals surface area contributed by atoms with Gasteiger partial charge in [-0.05, 0) is 39.3 Å². The molecule has 2 heterocycles. The molecule has 21 heavy (non-hydrogen) atoms. The Hall–Kier alpha value is -1.02. The Morgan fingerprint density at radius 3 is 2.62 bits per heavy atom. The summed E-state index contributed by atoms with van der Waals surface area (Å²) in [5.41, 5.74) is 1.76. The van der Waals surface area contributed by atoms with Gasteiger partial charge in [-0.3, -0.25) is 0 Å². The molecule has 1 aromatic heterocycles. The summed E-state index contributed by atoms with van der Waals surface area (Å²) in [6.45, 7) is 1.91. The van der Waals surface area contributed by atoms with Crippen LogP contribution in [-0.4, -0.2) is 13.4 Å². The molecule has 1 aliphatic heterocycles. The molecule has 0 unspecified atom stereocenters. The van der Waals surface area contributed by atoms with E-state index in [-0.39, 0.29) is 4.90 Å². The Morgan fingerprint density at radius 2 is 1.95 bits per heavy atom. The monoisotopic (exact) mass is 475 g/mol. The Morgan fingerprint density at radius 1 is 1.29 bits per heavy atom. The zero-order valence-electron chi connectivity index (χ0n) is 10.8. The second kappa shape index (κ2) is 5.31. The minimum atomic E-state index is -3.70. The molecule has 0 amide bonds. The third-order valence-corrected chi connectivity index (χ3v) is 5.89. The van der Waals surface area contributed by atoms with E-state index in [4.69, 9.17) is 0 Å². The third kappa shape index (κ3) is 2.59. The molecule has 2 aromatic rings. The number of benzene rings is 1. The maximum absolute atomic E-state index is 12.7. The van der Waals surface area contributed by atoms with Crippen LogP contribution in [-0.2, 0) is 10.0 Å². The number of anilines is 1. The quantitative estimate of drug-likeness (QED) is 0.489. The molecule has 0 radical (unpaired) electrons. The molecule has 0 atom stereocenters. The van der Waals surface area contributed by atoms with Crippen LogP contribution >= 0.6 is 38.5 Å². The van der Waals surface area contributed by atoms with E-state index < -0.39 is 10.0 Å². The first-order valence-corrected chi connectivity index (χ1v) is 9.28. The maximum Gasteiger partial charge on any atom is 0.313 e. The summed E-state index contributed by atoms with van der Waals surface area (Å²) in [4.78, 5) is 4.44. The molecule has 0 saturated heterocycles. The van der Waals surface area contributed by atoms with Gasteiger partial charge in [0.1, 0.15) is 0 Å². The Labute approximate surface area is 145 Å². The SMILES string of the molecule is Cc1ccc(S(=O)(=O)N2[C+]=C(I)c3cc(Br)cnc32)cc1. The standard InChI is InChI=1S/C14H9BrIN2O2S/c1-9-2-4-11(5-3-9)21(19,20)18-8-13(16)12-6-10(15)7-17-14(12)18/h2-7H,1H3/q+1. The summed E-state index contributed by atoms with van der Waals surface area (Å²) in [6.07, 6.45) is 4.44. The van der Waals surface area contributed by atoms with Crippen LogP contribution in [0.25, 0.3) is 3.58 Å². The fourth-order valence-electron chi connectivity index (χ4n) is 1.95. The molecule has 4 nitrogen and oxygen atoms in total. The van der Waals surface area contributed by atoms with Gasteiger partial charge in [0.25, 0.3) is 10.0 Å². The van der Waals surface area contributed by atoms with E-state index in [2.05, 4.69) is 49.7 Å². The van der Waals surface area contributed by atoms with Gasteiger partial charge in [-0.25, -0.2) is 0 Å². The fraction of sp³-hybridized carbons (Fsp3) is 0.0714. The number of aromatic nitrogens is 1. The van der Waals surface area contributed by atoms with E-state index in [1.54, 1.807) is 30.5 Å². The third-order valence-electron chi connectivity index (χ3n) is 3.02. The molecule has 3 rings (SSSR count). The number of rotatable bonds is 2. The number of fused-ring (bicyclic) bond motifs is 1. The lowest BCUT2D eigenvalue weighted by atomic mass is 10.2. The van der Waals surface area contributed by atoms with Crippen molar-refractivity contribution < 1.29 is 8.42 Å². The molecule has 0 bridgehead atoms. The second-order valence-electron chi connectivity index (χ2n) is 4.53. The number of pyridine rings is 1. The predicted molar refractivity (Wildman–Crippen MR) is 93.5 cm³/mol. The first kappa shape index (κ1) is 14.9. The van der Waals surface area contributed by atoms with Crippen molar-refractivity contribution in [3.8, 4) is 0 Å². The number of hydrogen-bond donors (Lipinski definition) is 0. The van der Waals surface area contributed by atoms with Gasteiger partial charge in [0.2, 0.25) is 3.58 Å². The molecular formula is C14H9BrIN2O2S+. The molecule has 0 N–H and O–H groups in total. The summed E-state index contributed by atoms with van der Waals surface area (Å²) in [6, 6.07) is 8.56. The fourth-order valence-corrected chi connectivity index (χ4v) is 4.36. The topological polar surface area (TPSA) is 50.3 Å². The van der Waals surface area contributed by atoms with E-state index in [1.807, 2.05) is 13.0 Å². The largest absolute Gasteiger partial charge is 0.313 e. The number of aryl methyl sites for hydroxylation is 1. The Kier molecular flexibility index (Phi) is 3.77. The second-order valence-corrected chi connectivity index (χ2v) is 8.31. The van der Waals surface area contributed by atoms with E-state index in [0.29, 0.717) is 9.40 Å². The molecule has 7 heteroatoms. The molecule has 0 saturated carbocycles. The molecule has 1 aliphatic rings. The van der Waals surface area contributed by atoms with Crippen LogP contribution in [0.4, 0.5) is 5.82 Å². The van der Waals surface area contributed by atoms with Crippen molar-refractivity contribution in [1.29, 1.82) is 0 Å². The van der Waals surface area contributed by atoms with Gasteiger partial charge in [-0.2, -0.15) is 13.4 Å². The highest BCUT2D eigenvalue weighted by atomic mass is 127. The lowest BCUT2D eigenvalue weighted by Crippen LogP contribution is -2.25. The predicted octanol–water partition coefficient (Wildman–Crippen LogP) is 3.90. The summed E-state index contributed by atoms with van der Waals surface area (Å²) < 4.78 is 28.1. The zero-order chi connectivity index (χ0) is 15.2. The van der Waals surface area contributed by atoms with E-state index in [0.717, 1.165) is 19.9 Å². The van der Waals surface area contributed by atoms with Crippen LogP contribution in [0, 0.1) is 13.1 Å². The molecular weight excluding hydrogens is 467 g/mol. The van der Waals surface area contributed by atoms with Gasteiger partial charge in [-0.1, -0.05) is 17.7 Å². The summed E-state index contributed by atoms with van der Waals surface area (Å²) in [7, 11) is -3.70. The number of sulfonamides is 1. The first-order valence-electron chi connectivity index (χ1n) is 5.96. The number of nitrogens with zero attached hydrogens (tertiary/aromatic N) is 2. The van der Waals surface area contributed by atoms with E-state index in [1.165, 1.54) is 0 Å². The van der Waals surface area contributed by atoms with Gasteiger partial charge in [0.05, 0.1) is 15.6 Å². The molecule has 1 aromatic carbocycles. The van der Waals surface area contributed by atoms with Gasteiger partial charge in [0.15, 0.2) is 11.8 Å². The zero-order valence-corrected chi connectivity index (χ0v) is 15.4. The maximum atomic E-state index is 12.7. The van der Waals surface area contributed by atoms with Gasteiger partial charge >= 0.3 is 5.82 Å². The van der Waals surface area contributed by atoms with Gasteiger partial charge in [-0.15, -0.1) is 0 Å². The number of halogens is 2. The minimum Gasteiger partial charge on any atom is -0.198 e. The van der Waals surface area contributed by atoms with Crippen LogP contribution in [0.15, 0.2) is 45.9 Å². The first-order chi connectivity index (χ1) is 9.89. The number of hydrogen-bond acceptors (Lipinski definition) is 3. The van der Waals surface area contributed by atoms with Gasteiger partial charge in [0, 0.05) is 28.7 Å². The van der Waals surface area contributed by atoms with Gasteiger partial charge < -0.3 is 0 Å². The van der Waals surface area contributed by atoms with Crippen LogP contribution in [0.2, 0.25) is 0 Å². The normalized spacial score (nSPS) is 13.7. The minimum absolute atomic E-state index is 0.224.